The van der Waals surface area contributed by atoms with Gasteiger partial charge in [0.25, 0.3) is 48.4 Å². The van der Waals surface area contributed by atoms with Crippen molar-refractivity contribution in [2.24, 2.45) is 11.5 Å². The lowest BCUT2D eigenvalue weighted by Gasteiger charge is -2.31. The second-order valence-electron chi connectivity index (χ2n) is 27.2. The molecule has 2 aliphatic rings. The lowest BCUT2D eigenvalue weighted by molar-refractivity contribution is -0.122. The number of aromatic nitrogens is 6. The number of carbonyl (C=O) groups excluding carboxylic acids is 5. The molecule has 0 bridgehead atoms. The topological polar surface area (TPSA) is 239 Å². The molecule has 11 rings (SSSR count). The van der Waals surface area contributed by atoms with E-state index in [2.05, 4.69) is 52.0 Å². The van der Waals surface area contributed by atoms with E-state index >= 15 is 8.78 Å². The van der Waals surface area contributed by atoms with Gasteiger partial charge in [-0.3, -0.25) is 38.3 Å². The third-order valence-corrected chi connectivity index (χ3v) is 19.1. The molecular formula is C75H61BBr2F20N8O7. The van der Waals surface area contributed by atoms with Crippen LogP contribution >= 0.6 is 31.9 Å². The zero-order valence-electron chi connectivity index (χ0n) is 59.0. The summed E-state index contributed by atoms with van der Waals surface area (Å²) in [7, 11) is 5.18. The van der Waals surface area contributed by atoms with E-state index in [9.17, 15) is 103 Å². The Morgan fingerprint density at radius 3 is 1.28 bits per heavy atom. The number of amides is 2. The maximum atomic E-state index is 15.1. The van der Waals surface area contributed by atoms with E-state index in [0.29, 0.717) is 21.2 Å². The van der Waals surface area contributed by atoms with Gasteiger partial charge in [0, 0.05) is 78.1 Å². The van der Waals surface area contributed by atoms with Gasteiger partial charge in [0.15, 0.2) is 11.6 Å². The molecule has 15 nitrogen and oxygen atoms in total. The minimum absolute atomic E-state index is 0.00375. The minimum atomic E-state index is -4.12. The highest BCUT2D eigenvalue weighted by Gasteiger charge is 2.57. The average Bonchev–Trinajstić information content (AvgIpc) is 1.59. The molecule has 0 saturated heterocycles. The second kappa shape index (κ2) is 35.0. The van der Waals surface area contributed by atoms with Gasteiger partial charge in [0.05, 0.1) is 56.1 Å². The number of ketones is 2. The summed E-state index contributed by atoms with van der Waals surface area (Å²) in [5, 5.41) is 24.8. The van der Waals surface area contributed by atoms with Crippen LogP contribution in [0.5, 0.6) is 0 Å². The van der Waals surface area contributed by atoms with Gasteiger partial charge in [-0.25, -0.2) is 70.8 Å². The fourth-order valence-corrected chi connectivity index (χ4v) is 12.9. The molecule has 6 N–H and O–H groups in total. The maximum absolute atomic E-state index is 15.1. The number of benzene rings is 5. The number of rotatable bonds is 22. The second-order valence-corrected chi connectivity index (χ2v) is 28.8. The predicted octanol–water partition coefficient (Wildman–Crippen LogP) is 17.5. The van der Waals surface area contributed by atoms with Crippen LogP contribution in [0.1, 0.15) is 178 Å². The first-order chi connectivity index (χ1) is 52.3. The fraction of sp³-hybridized carbons (Fsp3) is 0.320. The van der Waals surface area contributed by atoms with E-state index in [1.54, 1.807) is 39.8 Å². The summed E-state index contributed by atoms with van der Waals surface area (Å²) in [6.45, 7) is 4.08. The minimum Gasteiger partial charge on any atom is -0.387 e. The molecule has 2 radical (unpaired) electrons. The quantitative estimate of drug-likeness (QED) is 0.0215. The summed E-state index contributed by atoms with van der Waals surface area (Å²) in [6, 6.07) is 18.7. The first-order valence-corrected chi connectivity index (χ1v) is 34.8. The molecule has 600 valence electrons. The van der Waals surface area contributed by atoms with E-state index in [-0.39, 0.29) is 66.1 Å². The van der Waals surface area contributed by atoms with Gasteiger partial charge in [-0.05, 0) is 168 Å². The number of primary amides is 2. The smallest absolute Gasteiger partial charge is 0.335 e. The van der Waals surface area contributed by atoms with Gasteiger partial charge in [-0.2, -0.15) is 32.1 Å². The number of aliphatic hydroxyl groups is 2. The van der Waals surface area contributed by atoms with Crippen molar-refractivity contribution in [3.63, 3.8) is 0 Å². The highest BCUT2D eigenvalue weighted by molar-refractivity contribution is 9.11. The van der Waals surface area contributed by atoms with Crippen molar-refractivity contribution in [1.82, 2.24) is 29.5 Å². The molecule has 113 heavy (non-hydrogen) atoms. The molecule has 0 aliphatic heterocycles. The summed E-state index contributed by atoms with van der Waals surface area (Å²) >= 11 is 6.50. The Labute approximate surface area is 646 Å². The largest absolute Gasteiger partial charge is 0.387 e. The van der Waals surface area contributed by atoms with Crippen LogP contribution in [-0.2, 0) is 59.2 Å². The Kier molecular flexibility index (Phi) is 27.5. The van der Waals surface area contributed by atoms with E-state index in [4.69, 9.17) is 29.5 Å². The van der Waals surface area contributed by atoms with Crippen LogP contribution in [0.3, 0.4) is 0 Å². The number of hydrogen-bond donors (Lipinski definition) is 4. The van der Waals surface area contributed by atoms with E-state index < -0.39 is 238 Å². The summed E-state index contributed by atoms with van der Waals surface area (Å²) in [4.78, 5) is 69.9. The number of nitrogens with zero attached hydrogens (tertiary/aromatic N) is 6. The zero-order valence-corrected chi connectivity index (χ0v) is 62.2. The molecule has 4 aromatic heterocycles. The number of carbonyl (C=O) groups is 5. The van der Waals surface area contributed by atoms with Crippen LogP contribution in [0.4, 0.5) is 87.8 Å². The predicted molar refractivity (Wildman–Crippen MR) is 375 cm³/mol. The van der Waals surface area contributed by atoms with Crippen molar-refractivity contribution in [3.8, 4) is 22.4 Å². The van der Waals surface area contributed by atoms with Crippen LogP contribution in [0.2, 0.25) is 0 Å². The number of nitrogens with two attached hydrogens (primary N) is 2. The van der Waals surface area contributed by atoms with E-state index in [1.807, 2.05) is 0 Å². The number of fused-ring (bicyclic) bond motifs is 2. The number of hydrogen-bond acceptors (Lipinski definition) is 11. The van der Waals surface area contributed by atoms with E-state index in [0.717, 1.165) is 60.7 Å². The van der Waals surface area contributed by atoms with Gasteiger partial charge < -0.3 is 21.7 Å². The van der Waals surface area contributed by atoms with Gasteiger partial charge >= 0.3 is 6.04 Å². The lowest BCUT2D eigenvalue weighted by atomic mass is 9.86. The van der Waals surface area contributed by atoms with E-state index in [1.165, 1.54) is 30.3 Å². The molecule has 5 aromatic carbocycles. The van der Waals surface area contributed by atoms with Crippen LogP contribution in [0, 0.1) is 40.7 Å². The maximum Gasteiger partial charge on any atom is 0.335 e. The van der Waals surface area contributed by atoms with Crippen LogP contribution in [-0.4, -0.2) is 88.2 Å². The Hall–Kier alpha value is -9.69. The zero-order chi connectivity index (χ0) is 84.3. The van der Waals surface area contributed by atoms with Gasteiger partial charge in [-0.15, -0.1) is 0 Å². The fourth-order valence-electron chi connectivity index (χ4n) is 12.0. The summed E-state index contributed by atoms with van der Waals surface area (Å²) in [5.74, 6) is -29.2. The van der Waals surface area contributed by atoms with Gasteiger partial charge in [-0.1, -0.05) is 29.7 Å². The molecular weight excluding hydrogens is 1680 g/mol. The lowest BCUT2D eigenvalue weighted by Crippen LogP contribution is -2.44. The standard InChI is InChI=1S/C38H27F10N5O3.C24H17Br2F8N3O.C7H3BF2O.C6H14O2/c39-21-10-17(11-22(40)15-21)9-20(12-23(54)16-53-33-30(32(52-53)34(43)44)37(45,46)7-8-38(33,47)48)31-24(18-1-4-27(41)25(13-18)35(49)55)3-6-29(51-31)19-2-5-28(42)26(14-19)36(50)56;25-16-1-2-17(26)35-19(16)12(5-11-6-13(27)9-14(28)7-11)8-15(38)10-37-21-18(20(36-37)22(29)30)23(31,32)3-4-24(21,33)34;8-4-1-2-6(9)5(3-4)7(10)11;1-5(2,7)6(3,4)8/h1-6,10-11,13-15,20,34H,7-9,12,16H2,(H2,49,55)(H2,50,56);1-2,6-7,9,12,22H,3-5,8,10H2;1-3H;7-8H,1-4H3/t20-;12-;;/m11../s1. The Morgan fingerprint density at radius 1 is 0.496 bits per heavy atom. The Morgan fingerprint density at radius 2 is 0.885 bits per heavy atom. The first-order valence-electron chi connectivity index (χ1n) is 33.3. The number of pyridine rings is 2. The monoisotopic (exact) mass is 1730 g/mol. The summed E-state index contributed by atoms with van der Waals surface area (Å²) in [5.41, 5.74) is -1.80. The number of Topliss-reactive ketones (excluding diaryl/α,β-unsaturated/α-hetero) is 2. The molecule has 9 aromatic rings. The highest BCUT2D eigenvalue weighted by atomic mass is 79.9. The highest BCUT2D eigenvalue weighted by Crippen LogP contribution is 2.54. The van der Waals surface area contributed by atoms with Crippen LogP contribution < -0.4 is 16.9 Å². The molecule has 2 amide bonds. The molecule has 0 spiro atoms. The van der Waals surface area contributed by atoms with Crippen LogP contribution in [0.15, 0.2) is 124 Å². The third-order valence-electron chi connectivity index (χ3n) is 18.0. The molecule has 0 unspecified atom stereocenters. The summed E-state index contributed by atoms with van der Waals surface area (Å²) < 4.78 is 284. The molecule has 38 heteroatoms. The number of halogens is 22. The van der Waals surface area contributed by atoms with Crippen molar-refractivity contribution in [1.29, 1.82) is 0 Å². The first kappa shape index (κ1) is 88.9. The molecule has 0 fully saturated rings. The van der Waals surface area contributed by atoms with Crippen molar-refractivity contribution >= 4 is 74.6 Å². The molecule has 0 saturated carbocycles. The van der Waals surface area contributed by atoms with Crippen molar-refractivity contribution in [2.45, 2.75) is 152 Å². The normalized spacial score (nSPS) is 15.1. The van der Waals surface area contributed by atoms with Gasteiger partial charge in [0.2, 0.25) is 0 Å². The summed E-state index contributed by atoms with van der Waals surface area (Å²) in [6.07, 6.45) is -14.6. The molecule has 2 aliphatic carbocycles. The average molecular weight is 1740 g/mol. The van der Waals surface area contributed by atoms with Crippen molar-refractivity contribution in [3.05, 3.63) is 238 Å². The number of alkyl halides is 12. The molecule has 4 heterocycles. The van der Waals surface area contributed by atoms with Gasteiger partial charge in [0.1, 0.15) is 89.0 Å². The van der Waals surface area contributed by atoms with Crippen LogP contribution in [0.25, 0.3) is 22.4 Å². The SMILES string of the molecule is CC(C)(O)C(C)(C)O.NC(=O)c1cc(-c2ccc(-c3ccc(F)c(C(N)=O)c3)c([C@@H](CC(=O)Cn3nc(C(F)F)c4c3C(F)(F)CCC4(F)F)Cc3cc(F)cc(F)c3)n2)ccc1F.O=C(C[C@@H](Cc1cc(F)cc(F)c1)c1nc(Br)ccc1Br)Cn1nc(C(F)F)c2c1C(F)(F)CCC2(F)F.[B]c1ccc(F)c(C(=O)F)c1. The Bertz CT molecular complexity index is 5060. The Balaban J connectivity index is 0.000000239. The third kappa shape index (κ3) is 21.6. The van der Waals surface area contributed by atoms with Crippen molar-refractivity contribution < 1.29 is 122 Å². The van der Waals surface area contributed by atoms with Crippen molar-refractivity contribution in [2.75, 3.05) is 0 Å². The molecule has 2 atom stereocenters.